The van der Waals surface area contributed by atoms with E-state index in [2.05, 4.69) is 17.2 Å². The van der Waals surface area contributed by atoms with E-state index < -0.39 is 0 Å². The number of hydrogen-bond acceptors (Lipinski definition) is 4. The van der Waals surface area contributed by atoms with Crippen LogP contribution >= 0.6 is 11.9 Å². The molecule has 1 aliphatic rings. The summed E-state index contributed by atoms with van der Waals surface area (Å²) in [6, 6.07) is 3.94. The maximum absolute atomic E-state index is 5.74. The molecule has 0 saturated carbocycles. The number of hydrazine groups is 1. The normalized spacial score (nSPS) is 14.3. The second-order valence-corrected chi connectivity index (χ2v) is 3.32. The number of nitrogens with two attached hydrogens (primary N) is 1. The molecular formula is C7H9N3S. The van der Waals surface area contributed by atoms with E-state index in [-0.39, 0.29) is 0 Å². The van der Waals surface area contributed by atoms with Crippen molar-refractivity contribution in [3.05, 3.63) is 17.7 Å². The van der Waals surface area contributed by atoms with Gasteiger partial charge in [-0.1, -0.05) is 6.07 Å². The number of benzene rings is 1. The number of hydrogen-bond donors (Lipinski definition) is 3. The lowest BCUT2D eigenvalue weighted by Crippen LogP contribution is -2.05. The van der Waals surface area contributed by atoms with Gasteiger partial charge in [0.15, 0.2) is 0 Å². The number of aryl methyl sites for hydroxylation is 1. The van der Waals surface area contributed by atoms with E-state index in [4.69, 9.17) is 5.73 Å². The molecular weight excluding hydrogens is 158 g/mol. The van der Waals surface area contributed by atoms with E-state index in [1.54, 1.807) is 0 Å². The largest absolute Gasteiger partial charge is 0.398 e. The van der Waals surface area contributed by atoms with Crippen LogP contribution in [0.4, 0.5) is 11.4 Å². The molecule has 0 aromatic heterocycles. The summed E-state index contributed by atoms with van der Waals surface area (Å²) < 4.78 is 0. The van der Waals surface area contributed by atoms with E-state index in [1.807, 2.05) is 12.1 Å². The van der Waals surface area contributed by atoms with Crippen molar-refractivity contribution in [2.45, 2.75) is 11.8 Å². The third-order valence-corrected chi connectivity index (χ3v) is 2.57. The molecule has 11 heavy (non-hydrogen) atoms. The molecule has 0 radical (unpaired) electrons. The van der Waals surface area contributed by atoms with Gasteiger partial charge in [0, 0.05) is 5.69 Å². The van der Waals surface area contributed by atoms with E-state index in [0.29, 0.717) is 0 Å². The fourth-order valence-corrected chi connectivity index (χ4v) is 1.85. The van der Waals surface area contributed by atoms with Crippen LogP contribution < -0.4 is 16.0 Å². The van der Waals surface area contributed by atoms with Gasteiger partial charge in [0.1, 0.15) is 0 Å². The Hall–Kier alpha value is -0.870. The quantitative estimate of drug-likeness (QED) is 0.405. The van der Waals surface area contributed by atoms with Gasteiger partial charge in [0.25, 0.3) is 0 Å². The van der Waals surface area contributed by atoms with Crippen LogP contribution in [0.15, 0.2) is 17.0 Å². The van der Waals surface area contributed by atoms with Crippen molar-refractivity contribution < 1.29 is 0 Å². The topological polar surface area (TPSA) is 50.1 Å². The van der Waals surface area contributed by atoms with Gasteiger partial charge in [-0.3, -0.25) is 0 Å². The molecule has 0 saturated heterocycles. The average molecular weight is 167 g/mol. The zero-order chi connectivity index (χ0) is 7.84. The highest BCUT2D eigenvalue weighted by Gasteiger charge is 2.14. The minimum absolute atomic E-state index is 0.827. The first kappa shape index (κ1) is 6.82. The summed E-state index contributed by atoms with van der Waals surface area (Å²) in [6.45, 7) is 2.05. The summed E-state index contributed by atoms with van der Waals surface area (Å²) in [5, 5.41) is 0. The smallest absolute Gasteiger partial charge is 0.0721 e. The Morgan fingerprint density at radius 3 is 3.00 bits per heavy atom. The molecule has 3 nitrogen and oxygen atoms in total. The molecule has 0 spiro atoms. The molecule has 58 valence electrons. The Morgan fingerprint density at radius 1 is 1.45 bits per heavy atom. The number of nitrogen functional groups attached to an aromatic ring is 1. The Bertz CT molecular complexity index is 269. The highest BCUT2D eigenvalue weighted by molar-refractivity contribution is 7.98. The van der Waals surface area contributed by atoms with E-state index in [9.17, 15) is 0 Å². The van der Waals surface area contributed by atoms with E-state index in [0.717, 1.165) is 16.3 Å². The Labute approximate surface area is 69.5 Å². The highest BCUT2D eigenvalue weighted by atomic mass is 32.2. The third-order valence-electron chi connectivity index (χ3n) is 1.73. The second-order valence-electron chi connectivity index (χ2n) is 2.50. The average Bonchev–Trinajstić information content (AvgIpc) is 2.45. The van der Waals surface area contributed by atoms with Crippen molar-refractivity contribution in [2.75, 3.05) is 11.2 Å². The van der Waals surface area contributed by atoms with Crippen molar-refractivity contribution in [3.63, 3.8) is 0 Å². The van der Waals surface area contributed by atoms with Crippen LogP contribution in [0.5, 0.6) is 0 Å². The maximum atomic E-state index is 5.74. The molecule has 1 aromatic carbocycles. The predicted octanol–water partition coefficient (Wildman–Crippen LogP) is 1.51. The fourth-order valence-electron chi connectivity index (χ4n) is 1.09. The zero-order valence-corrected chi connectivity index (χ0v) is 6.96. The number of anilines is 2. The van der Waals surface area contributed by atoms with Gasteiger partial charge >= 0.3 is 0 Å². The van der Waals surface area contributed by atoms with Crippen LogP contribution in [0.1, 0.15) is 5.56 Å². The van der Waals surface area contributed by atoms with E-state index in [1.165, 1.54) is 17.5 Å². The molecule has 0 bridgehead atoms. The monoisotopic (exact) mass is 167 g/mol. The van der Waals surface area contributed by atoms with Crippen molar-refractivity contribution >= 4 is 23.3 Å². The molecule has 2 rings (SSSR count). The van der Waals surface area contributed by atoms with Gasteiger partial charge in [-0.25, -0.2) is 0 Å². The third kappa shape index (κ3) is 0.948. The lowest BCUT2D eigenvalue weighted by molar-refractivity contribution is 1.23. The molecule has 1 aliphatic heterocycles. The Balaban J connectivity index is 2.64. The Morgan fingerprint density at radius 2 is 2.27 bits per heavy atom. The van der Waals surface area contributed by atoms with Crippen LogP contribution in [0.25, 0.3) is 0 Å². The van der Waals surface area contributed by atoms with Crippen molar-refractivity contribution in [2.24, 2.45) is 0 Å². The van der Waals surface area contributed by atoms with Crippen LogP contribution in [-0.2, 0) is 0 Å². The molecule has 0 fully saturated rings. The SMILES string of the molecule is Cc1ccc(N)c2c1NNS2. The lowest BCUT2D eigenvalue weighted by Gasteiger charge is -2.03. The standard InChI is InChI=1S/C7H9N3S/c1-4-2-3-5(8)7-6(4)9-10-11-7/h2-3,9-10H,8H2,1H3. The van der Waals surface area contributed by atoms with Gasteiger partial charge in [0.2, 0.25) is 0 Å². The van der Waals surface area contributed by atoms with Gasteiger partial charge in [-0.15, -0.1) is 0 Å². The van der Waals surface area contributed by atoms with Gasteiger partial charge in [0.05, 0.1) is 10.6 Å². The fraction of sp³-hybridized carbons (Fsp3) is 0.143. The molecule has 1 aromatic rings. The molecule has 0 aliphatic carbocycles. The van der Waals surface area contributed by atoms with Crippen LogP contribution in [0, 0.1) is 6.92 Å². The summed E-state index contributed by atoms with van der Waals surface area (Å²) in [4.78, 5) is 4.06. The minimum Gasteiger partial charge on any atom is -0.398 e. The molecule has 1 heterocycles. The number of nitrogens with one attached hydrogen (secondary N) is 2. The minimum atomic E-state index is 0.827. The molecule has 0 atom stereocenters. The highest BCUT2D eigenvalue weighted by Crippen LogP contribution is 2.37. The zero-order valence-electron chi connectivity index (χ0n) is 6.14. The first-order valence-corrected chi connectivity index (χ1v) is 4.17. The molecule has 0 amide bonds. The predicted molar refractivity (Wildman–Crippen MR) is 48.2 cm³/mol. The van der Waals surface area contributed by atoms with Gasteiger partial charge in [-0.2, -0.15) is 4.83 Å². The van der Waals surface area contributed by atoms with E-state index >= 15 is 0 Å². The van der Waals surface area contributed by atoms with Crippen LogP contribution in [-0.4, -0.2) is 0 Å². The van der Waals surface area contributed by atoms with Crippen molar-refractivity contribution in [1.82, 2.24) is 4.83 Å². The lowest BCUT2D eigenvalue weighted by atomic mass is 10.2. The van der Waals surface area contributed by atoms with Gasteiger partial charge < -0.3 is 11.2 Å². The number of rotatable bonds is 0. The first-order chi connectivity index (χ1) is 5.29. The van der Waals surface area contributed by atoms with Crippen LogP contribution in [0.3, 0.4) is 0 Å². The number of fused-ring (bicyclic) bond motifs is 1. The van der Waals surface area contributed by atoms with Crippen molar-refractivity contribution in [3.8, 4) is 0 Å². The summed E-state index contributed by atoms with van der Waals surface area (Å²) in [5.41, 5.74) is 11.9. The maximum Gasteiger partial charge on any atom is 0.0721 e. The molecule has 4 N–H and O–H groups in total. The summed E-state index contributed by atoms with van der Waals surface area (Å²) in [5.74, 6) is 0. The first-order valence-electron chi connectivity index (χ1n) is 3.36. The Kier molecular flexibility index (Phi) is 1.44. The molecule has 0 unspecified atom stereocenters. The summed E-state index contributed by atoms with van der Waals surface area (Å²) in [6.07, 6.45) is 0. The molecule has 4 heteroatoms. The van der Waals surface area contributed by atoms with Crippen molar-refractivity contribution in [1.29, 1.82) is 0 Å². The second kappa shape index (κ2) is 2.32. The van der Waals surface area contributed by atoms with Crippen LogP contribution in [0.2, 0.25) is 0 Å². The summed E-state index contributed by atoms with van der Waals surface area (Å²) in [7, 11) is 0. The van der Waals surface area contributed by atoms with Gasteiger partial charge in [-0.05, 0) is 30.5 Å². The summed E-state index contributed by atoms with van der Waals surface area (Å²) >= 11 is 1.52.